The zero-order valence-electron chi connectivity index (χ0n) is 14.7. The molecule has 7 heteroatoms. The van der Waals surface area contributed by atoms with Crippen LogP contribution in [0.5, 0.6) is 0 Å². The summed E-state index contributed by atoms with van der Waals surface area (Å²) in [7, 11) is -3.29. The molecule has 1 aliphatic heterocycles. The largest absolute Gasteiger partial charge is 0.345 e. The van der Waals surface area contributed by atoms with E-state index in [1.54, 1.807) is 30.3 Å². The number of fused-ring (bicyclic) bond motifs is 1. The number of carbonyl (C=O) groups excluding carboxylic acids is 1. The van der Waals surface area contributed by atoms with Crippen molar-refractivity contribution in [2.24, 2.45) is 0 Å². The summed E-state index contributed by atoms with van der Waals surface area (Å²) in [5.41, 5.74) is 3.07. The van der Waals surface area contributed by atoms with Gasteiger partial charge in [0.25, 0.3) is 5.91 Å². The van der Waals surface area contributed by atoms with Gasteiger partial charge in [0.05, 0.1) is 18.0 Å². The highest BCUT2D eigenvalue weighted by Gasteiger charge is 2.27. The van der Waals surface area contributed by atoms with Crippen molar-refractivity contribution < 1.29 is 13.2 Å². The molecule has 0 spiro atoms. The molecule has 0 bridgehead atoms. The van der Waals surface area contributed by atoms with Crippen LogP contribution in [0.4, 0.5) is 5.69 Å². The third kappa shape index (κ3) is 3.86. The van der Waals surface area contributed by atoms with Crippen LogP contribution in [0.25, 0.3) is 0 Å². The molecular weight excluding hydrogens is 372 g/mol. The van der Waals surface area contributed by atoms with Gasteiger partial charge in [-0.2, -0.15) is 0 Å². The number of carbonyl (C=O) groups is 1. The van der Waals surface area contributed by atoms with Crippen molar-refractivity contribution in [3.63, 3.8) is 0 Å². The molecule has 1 N–H and O–H groups in total. The maximum atomic E-state index is 12.7. The lowest BCUT2D eigenvalue weighted by Crippen LogP contribution is -2.28. The minimum Gasteiger partial charge on any atom is -0.345 e. The SMILES string of the molecule is CC[C@@H](NC(=O)c1ccc2c(c1)CCN2S(C)(=O)=O)c1ccc(Cl)cc1. The van der Waals surface area contributed by atoms with Crippen LogP contribution in [0.1, 0.15) is 40.9 Å². The first-order valence-electron chi connectivity index (χ1n) is 8.46. The zero-order chi connectivity index (χ0) is 18.9. The average molecular weight is 393 g/mol. The minimum absolute atomic E-state index is 0.111. The van der Waals surface area contributed by atoms with Crippen LogP contribution >= 0.6 is 11.6 Å². The van der Waals surface area contributed by atoms with Gasteiger partial charge in [-0.05, 0) is 54.3 Å². The van der Waals surface area contributed by atoms with Crippen molar-refractivity contribution in [1.29, 1.82) is 0 Å². The highest BCUT2D eigenvalue weighted by atomic mass is 35.5. The number of rotatable bonds is 5. The summed E-state index contributed by atoms with van der Waals surface area (Å²) in [6.45, 7) is 2.42. The predicted molar refractivity (Wildman–Crippen MR) is 104 cm³/mol. The van der Waals surface area contributed by atoms with E-state index >= 15 is 0 Å². The molecule has 0 aliphatic carbocycles. The van der Waals surface area contributed by atoms with Crippen LogP contribution in [0.15, 0.2) is 42.5 Å². The molecule has 0 saturated carbocycles. The first kappa shape index (κ1) is 18.7. The molecule has 1 amide bonds. The second kappa shape index (κ2) is 7.29. The number of anilines is 1. The van der Waals surface area contributed by atoms with Crippen LogP contribution in [-0.4, -0.2) is 27.1 Å². The standard InChI is InChI=1S/C19H21ClN2O3S/c1-3-17(13-4-7-16(20)8-5-13)21-19(23)15-6-9-18-14(12-15)10-11-22(18)26(2,24)25/h4-9,12,17H,3,10-11H2,1-2H3,(H,21,23)/t17-/m1/s1. The molecule has 1 atom stereocenters. The Kier molecular flexibility index (Phi) is 5.25. The highest BCUT2D eigenvalue weighted by molar-refractivity contribution is 7.92. The van der Waals surface area contributed by atoms with Gasteiger partial charge in [-0.3, -0.25) is 9.10 Å². The van der Waals surface area contributed by atoms with E-state index in [4.69, 9.17) is 11.6 Å². The van der Waals surface area contributed by atoms with Crippen LogP contribution in [0, 0.1) is 0 Å². The summed E-state index contributed by atoms with van der Waals surface area (Å²) < 4.78 is 25.0. The summed E-state index contributed by atoms with van der Waals surface area (Å²) in [6.07, 6.45) is 2.55. The Labute approximate surface area is 159 Å². The zero-order valence-corrected chi connectivity index (χ0v) is 16.3. The molecule has 0 radical (unpaired) electrons. The number of amides is 1. The molecule has 26 heavy (non-hydrogen) atoms. The average Bonchev–Trinajstić information content (AvgIpc) is 3.03. The van der Waals surface area contributed by atoms with Gasteiger partial charge < -0.3 is 5.32 Å². The monoisotopic (exact) mass is 392 g/mol. The second-order valence-corrected chi connectivity index (χ2v) is 8.76. The first-order chi connectivity index (χ1) is 12.3. The molecule has 0 saturated heterocycles. The van der Waals surface area contributed by atoms with Crippen LogP contribution in [-0.2, 0) is 16.4 Å². The highest BCUT2D eigenvalue weighted by Crippen LogP contribution is 2.31. The number of halogens is 1. The van der Waals surface area contributed by atoms with Gasteiger partial charge in [0.15, 0.2) is 0 Å². The number of nitrogens with one attached hydrogen (secondary N) is 1. The van der Waals surface area contributed by atoms with Crippen molar-refractivity contribution in [2.45, 2.75) is 25.8 Å². The van der Waals surface area contributed by atoms with Gasteiger partial charge >= 0.3 is 0 Å². The molecule has 3 rings (SSSR count). The van der Waals surface area contributed by atoms with Gasteiger partial charge in [-0.15, -0.1) is 0 Å². The van der Waals surface area contributed by atoms with Crippen molar-refractivity contribution >= 4 is 33.2 Å². The van der Waals surface area contributed by atoms with E-state index in [9.17, 15) is 13.2 Å². The predicted octanol–water partition coefficient (Wildman–Crippen LogP) is 3.54. The Morgan fingerprint density at radius 2 is 1.92 bits per heavy atom. The molecule has 2 aromatic rings. The summed E-state index contributed by atoms with van der Waals surface area (Å²) >= 11 is 5.92. The molecule has 0 fully saturated rings. The fraction of sp³-hybridized carbons (Fsp3) is 0.316. The lowest BCUT2D eigenvalue weighted by Gasteiger charge is -2.19. The van der Waals surface area contributed by atoms with Crippen LogP contribution in [0.2, 0.25) is 5.02 Å². The number of benzene rings is 2. The fourth-order valence-electron chi connectivity index (χ4n) is 3.21. The number of hydrogen-bond acceptors (Lipinski definition) is 3. The molecule has 0 unspecified atom stereocenters. The first-order valence-corrected chi connectivity index (χ1v) is 10.7. The summed E-state index contributed by atoms with van der Waals surface area (Å²) in [5.74, 6) is -0.174. The Hall–Kier alpha value is -2.05. The summed E-state index contributed by atoms with van der Waals surface area (Å²) in [6, 6.07) is 12.5. The second-order valence-electron chi connectivity index (χ2n) is 6.41. The van der Waals surface area contributed by atoms with Crippen molar-refractivity contribution in [2.75, 3.05) is 17.1 Å². The maximum absolute atomic E-state index is 12.7. The summed E-state index contributed by atoms with van der Waals surface area (Å²) in [4.78, 5) is 12.7. The van der Waals surface area contributed by atoms with Crippen molar-refractivity contribution in [3.05, 3.63) is 64.2 Å². The molecule has 0 aromatic heterocycles. The molecule has 5 nitrogen and oxygen atoms in total. The van der Waals surface area contributed by atoms with Gasteiger partial charge in [0, 0.05) is 17.1 Å². The third-order valence-corrected chi connectivity index (χ3v) is 6.01. The van der Waals surface area contributed by atoms with Gasteiger partial charge in [-0.25, -0.2) is 8.42 Å². The van der Waals surface area contributed by atoms with E-state index in [0.29, 0.717) is 29.2 Å². The molecule has 1 heterocycles. The smallest absolute Gasteiger partial charge is 0.251 e. The Bertz CT molecular complexity index is 926. The van der Waals surface area contributed by atoms with Crippen LogP contribution in [0.3, 0.4) is 0 Å². The minimum atomic E-state index is -3.29. The maximum Gasteiger partial charge on any atom is 0.251 e. The fourth-order valence-corrected chi connectivity index (χ4v) is 4.30. The normalized spacial score (nSPS) is 14.8. The number of nitrogens with zero attached hydrogens (tertiary/aromatic N) is 1. The van der Waals surface area contributed by atoms with E-state index in [-0.39, 0.29) is 11.9 Å². The number of sulfonamides is 1. The van der Waals surface area contributed by atoms with E-state index in [2.05, 4.69) is 5.32 Å². The molecule has 2 aromatic carbocycles. The van der Waals surface area contributed by atoms with E-state index in [0.717, 1.165) is 17.5 Å². The Morgan fingerprint density at radius 3 is 2.54 bits per heavy atom. The third-order valence-electron chi connectivity index (χ3n) is 4.58. The molecular formula is C19H21ClN2O3S. The topological polar surface area (TPSA) is 66.5 Å². The summed E-state index contributed by atoms with van der Waals surface area (Å²) in [5, 5.41) is 3.69. The quantitative estimate of drug-likeness (QED) is 0.846. The van der Waals surface area contributed by atoms with Gasteiger partial charge in [0.2, 0.25) is 10.0 Å². The van der Waals surface area contributed by atoms with E-state index in [1.165, 1.54) is 10.6 Å². The molecule has 138 valence electrons. The Morgan fingerprint density at radius 1 is 1.23 bits per heavy atom. The van der Waals surface area contributed by atoms with Gasteiger partial charge in [-0.1, -0.05) is 30.7 Å². The van der Waals surface area contributed by atoms with E-state index in [1.807, 2.05) is 19.1 Å². The van der Waals surface area contributed by atoms with Gasteiger partial charge in [0.1, 0.15) is 0 Å². The van der Waals surface area contributed by atoms with E-state index < -0.39 is 10.0 Å². The van der Waals surface area contributed by atoms with Crippen molar-refractivity contribution in [3.8, 4) is 0 Å². The Balaban J connectivity index is 1.79. The van der Waals surface area contributed by atoms with Crippen molar-refractivity contribution in [1.82, 2.24) is 5.32 Å². The molecule has 1 aliphatic rings. The lowest BCUT2D eigenvalue weighted by atomic mass is 10.0. The van der Waals surface area contributed by atoms with Crippen LogP contribution < -0.4 is 9.62 Å². The lowest BCUT2D eigenvalue weighted by molar-refractivity contribution is 0.0935. The number of hydrogen-bond donors (Lipinski definition) is 1.